The molecule has 0 spiro atoms. The van der Waals surface area contributed by atoms with E-state index in [1.807, 2.05) is 0 Å². The van der Waals surface area contributed by atoms with E-state index in [4.69, 9.17) is 5.73 Å². The SMILES string of the molecule is Nc1ncc(-c2cccc([N+](=O)[O-])c2F)[nH]1. The Morgan fingerprint density at radius 3 is 2.81 bits per heavy atom. The highest BCUT2D eigenvalue weighted by Gasteiger charge is 2.18. The minimum absolute atomic E-state index is 0.0680. The van der Waals surface area contributed by atoms with E-state index in [2.05, 4.69) is 9.97 Å². The van der Waals surface area contributed by atoms with Gasteiger partial charge in [-0.05, 0) is 6.07 Å². The van der Waals surface area contributed by atoms with Gasteiger partial charge < -0.3 is 10.7 Å². The molecule has 1 heterocycles. The van der Waals surface area contributed by atoms with Gasteiger partial charge in [0.15, 0.2) is 5.95 Å². The monoisotopic (exact) mass is 222 g/mol. The van der Waals surface area contributed by atoms with Gasteiger partial charge in [-0.1, -0.05) is 6.07 Å². The number of nitrogen functional groups attached to an aromatic ring is 1. The van der Waals surface area contributed by atoms with Crippen molar-refractivity contribution in [3.05, 3.63) is 40.3 Å². The first kappa shape index (κ1) is 10.1. The second kappa shape index (κ2) is 3.61. The molecule has 3 N–H and O–H groups in total. The van der Waals surface area contributed by atoms with Crippen LogP contribution in [0.4, 0.5) is 16.0 Å². The fourth-order valence-electron chi connectivity index (χ4n) is 1.34. The Kier molecular flexibility index (Phi) is 2.28. The summed E-state index contributed by atoms with van der Waals surface area (Å²) in [5, 5.41) is 10.5. The zero-order chi connectivity index (χ0) is 11.7. The molecular weight excluding hydrogens is 215 g/mol. The lowest BCUT2D eigenvalue weighted by molar-refractivity contribution is -0.387. The number of H-pyrrole nitrogens is 1. The normalized spacial score (nSPS) is 10.3. The summed E-state index contributed by atoms with van der Waals surface area (Å²) >= 11 is 0. The number of nitrogens with zero attached hydrogens (tertiary/aromatic N) is 2. The van der Waals surface area contributed by atoms with Crippen molar-refractivity contribution < 1.29 is 9.31 Å². The van der Waals surface area contributed by atoms with Gasteiger partial charge in [0.2, 0.25) is 5.82 Å². The van der Waals surface area contributed by atoms with E-state index >= 15 is 0 Å². The van der Waals surface area contributed by atoms with Crippen LogP contribution in [0.25, 0.3) is 11.3 Å². The van der Waals surface area contributed by atoms with Crippen LogP contribution < -0.4 is 5.73 Å². The van der Waals surface area contributed by atoms with Gasteiger partial charge in [0.05, 0.1) is 16.8 Å². The third kappa shape index (κ3) is 1.58. The molecule has 1 aromatic heterocycles. The lowest BCUT2D eigenvalue weighted by Crippen LogP contribution is -1.95. The van der Waals surface area contributed by atoms with Gasteiger partial charge in [-0.15, -0.1) is 0 Å². The Balaban J connectivity index is 2.58. The summed E-state index contributed by atoms with van der Waals surface area (Å²) in [6.45, 7) is 0. The molecule has 0 unspecified atom stereocenters. The molecule has 0 fully saturated rings. The molecule has 82 valence electrons. The Morgan fingerprint density at radius 1 is 1.50 bits per heavy atom. The topological polar surface area (TPSA) is 97.8 Å². The second-order valence-electron chi connectivity index (χ2n) is 3.08. The van der Waals surface area contributed by atoms with E-state index in [0.29, 0.717) is 5.69 Å². The van der Waals surface area contributed by atoms with E-state index in [0.717, 1.165) is 6.07 Å². The first-order valence-electron chi connectivity index (χ1n) is 4.33. The molecule has 0 aliphatic rings. The molecule has 0 saturated carbocycles. The number of aromatic amines is 1. The Labute approximate surface area is 89.1 Å². The quantitative estimate of drug-likeness (QED) is 0.596. The first-order valence-corrected chi connectivity index (χ1v) is 4.33. The Bertz CT molecular complexity index is 552. The number of nitrogens with two attached hydrogens (primary N) is 1. The van der Waals surface area contributed by atoms with Crippen LogP contribution >= 0.6 is 0 Å². The van der Waals surface area contributed by atoms with Gasteiger partial charge in [-0.2, -0.15) is 4.39 Å². The average Bonchev–Trinajstić information content (AvgIpc) is 2.64. The number of anilines is 1. The molecule has 6 nitrogen and oxygen atoms in total. The number of halogens is 1. The van der Waals surface area contributed by atoms with Gasteiger partial charge in [0.25, 0.3) is 0 Å². The van der Waals surface area contributed by atoms with E-state index < -0.39 is 16.4 Å². The van der Waals surface area contributed by atoms with Crippen molar-refractivity contribution >= 4 is 11.6 Å². The van der Waals surface area contributed by atoms with Crippen LogP contribution in [-0.4, -0.2) is 14.9 Å². The summed E-state index contributed by atoms with van der Waals surface area (Å²) < 4.78 is 13.7. The first-order chi connectivity index (χ1) is 7.59. The van der Waals surface area contributed by atoms with Crippen molar-refractivity contribution in [1.82, 2.24) is 9.97 Å². The van der Waals surface area contributed by atoms with Gasteiger partial charge in [0, 0.05) is 11.6 Å². The molecule has 0 aliphatic heterocycles. The van der Waals surface area contributed by atoms with E-state index in [1.54, 1.807) is 0 Å². The molecule has 0 bridgehead atoms. The largest absolute Gasteiger partial charge is 0.369 e. The molecule has 2 rings (SSSR count). The van der Waals surface area contributed by atoms with E-state index in [9.17, 15) is 14.5 Å². The van der Waals surface area contributed by atoms with E-state index in [-0.39, 0.29) is 11.5 Å². The van der Waals surface area contributed by atoms with Crippen LogP contribution in [0.5, 0.6) is 0 Å². The van der Waals surface area contributed by atoms with Crippen LogP contribution in [0.3, 0.4) is 0 Å². The van der Waals surface area contributed by atoms with Crippen LogP contribution in [0, 0.1) is 15.9 Å². The van der Waals surface area contributed by atoms with Gasteiger partial charge in [0.1, 0.15) is 0 Å². The number of nitrogens with one attached hydrogen (secondary N) is 1. The van der Waals surface area contributed by atoms with Crippen LogP contribution in [0.2, 0.25) is 0 Å². The summed E-state index contributed by atoms with van der Waals surface area (Å²) in [4.78, 5) is 16.0. The number of rotatable bonds is 2. The summed E-state index contributed by atoms with van der Waals surface area (Å²) in [5.74, 6) is -0.781. The molecule has 0 saturated heterocycles. The molecular formula is C9H7FN4O2. The number of imidazole rings is 1. The average molecular weight is 222 g/mol. The minimum Gasteiger partial charge on any atom is -0.369 e. The number of nitro benzene ring substituents is 1. The van der Waals surface area contributed by atoms with Crippen molar-refractivity contribution in [3.8, 4) is 11.3 Å². The predicted octanol–water partition coefficient (Wildman–Crippen LogP) is 1.71. The third-order valence-electron chi connectivity index (χ3n) is 2.06. The highest BCUT2D eigenvalue weighted by atomic mass is 19.1. The van der Waals surface area contributed by atoms with Crippen LogP contribution in [-0.2, 0) is 0 Å². The Morgan fingerprint density at radius 2 is 2.25 bits per heavy atom. The molecule has 0 amide bonds. The van der Waals surface area contributed by atoms with Crippen molar-refractivity contribution in [2.75, 3.05) is 5.73 Å². The second-order valence-corrected chi connectivity index (χ2v) is 3.08. The highest BCUT2D eigenvalue weighted by molar-refractivity contribution is 5.64. The lowest BCUT2D eigenvalue weighted by Gasteiger charge is -2.00. The number of nitro groups is 1. The van der Waals surface area contributed by atoms with Gasteiger partial charge in [-0.3, -0.25) is 10.1 Å². The van der Waals surface area contributed by atoms with Crippen LogP contribution in [0.15, 0.2) is 24.4 Å². The molecule has 0 atom stereocenters. The van der Waals surface area contributed by atoms with Crippen LogP contribution in [0.1, 0.15) is 0 Å². The molecule has 1 aromatic carbocycles. The number of benzene rings is 1. The predicted molar refractivity (Wildman–Crippen MR) is 55.0 cm³/mol. The summed E-state index contributed by atoms with van der Waals surface area (Å²) in [6.07, 6.45) is 1.32. The number of hydrogen-bond donors (Lipinski definition) is 2. The van der Waals surface area contributed by atoms with Crippen molar-refractivity contribution in [1.29, 1.82) is 0 Å². The fourth-order valence-corrected chi connectivity index (χ4v) is 1.34. The standard InChI is InChI=1S/C9H7FN4O2/c10-8-5(6-4-12-9(11)13-6)2-1-3-7(8)14(15)16/h1-4H,(H3,11,12,13). The third-order valence-corrected chi connectivity index (χ3v) is 2.06. The zero-order valence-electron chi connectivity index (χ0n) is 7.98. The van der Waals surface area contributed by atoms with Gasteiger partial charge >= 0.3 is 5.69 Å². The Hall–Kier alpha value is -2.44. The van der Waals surface area contributed by atoms with Crippen molar-refractivity contribution in [2.24, 2.45) is 0 Å². The number of aromatic nitrogens is 2. The molecule has 2 aromatic rings. The smallest absolute Gasteiger partial charge is 0.305 e. The summed E-state index contributed by atoms with van der Waals surface area (Å²) in [7, 11) is 0. The lowest BCUT2D eigenvalue weighted by atomic mass is 10.1. The summed E-state index contributed by atoms with van der Waals surface area (Å²) in [5.41, 5.74) is 5.14. The maximum absolute atomic E-state index is 13.7. The molecule has 0 aliphatic carbocycles. The fraction of sp³-hybridized carbons (Fsp3) is 0. The summed E-state index contributed by atoms with van der Waals surface area (Å²) in [6, 6.07) is 3.90. The van der Waals surface area contributed by atoms with E-state index in [1.165, 1.54) is 18.3 Å². The maximum atomic E-state index is 13.7. The zero-order valence-corrected chi connectivity index (χ0v) is 7.98. The minimum atomic E-state index is -0.906. The maximum Gasteiger partial charge on any atom is 0.305 e. The van der Waals surface area contributed by atoms with Crippen molar-refractivity contribution in [2.45, 2.75) is 0 Å². The molecule has 0 radical (unpaired) electrons. The molecule has 16 heavy (non-hydrogen) atoms. The molecule has 7 heteroatoms. The van der Waals surface area contributed by atoms with Gasteiger partial charge in [-0.25, -0.2) is 4.98 Å². The highest BCUT2D eigenvalue weighted by Crippen LogP contribution is 2.27. The number of hydrogen-bond acceptors (Lipinski definition) is 4. The van der Waals surface area contributed by atoms with Crippen molar-refractivity contribution in [3.63, 3.8) is 0 Å².